The Morgan fingerprint density at radius 2 is 1.65 bits per heavy atom. The van der Waals surface area contributed by atoms with E-state index in [-0.39, 0.29) is 5.82 Å². The molecule has 1 aliphatic rings. The number of hydrogen-bond donors (Lipinski definition) is 2. The Morgan fingerprint density at radius 1 is 1.04 bits per heavy atom. The van der Waals surface area contributed by atoms with E-state index in [4.69, 9.17) is 9.31 Å². The van der Waals surface area contributed by atoms with E-state index in [1.807, 2.05) is 62.4 Å². The van der Waals surface area contributed by atoms with Crippen molar-refractivity contribution in [3.63, 3.8) is 0 Å². The van der Waals surface area contributed by atoms with Gasteiger partial charge >= 0.3 is 7.12 Å². The van der Waals surface area contributed by atoms with E-state index in [2.05, 4.69) is 10.6 Å². The van der Waals surface area contributed by atoms with Crippen molar-refractivity contribution in [1.29, 1.82) is 0 Å². The fourth-order valence-corrected chi connectivity index (χ4v) is 4.41. The zero-order valence-electron chi connectivity index (χ0n) is 16.4. The molecule has 0 radical (unpaired) electrons. The Kier molecular flexibility index (Phi) is 8.31. The molecule has 0 bridgehead atoms. The van der Waals surface area contributed by atoms with Gasteiger partial charge in [-0.25, -0.2) is 4.39 Å². The first kappa shape index (κ1) is 22.0. The number of nitrogens with one attached hydrogen (secondary N) is 2. The molecule has 2 rings (SSSR count). The summed E-state index contributed by atoms with van der Waals surface area (Å²) in [6.45, 7) is 10.4. The van der Waals surface area contributed by atoms with Crippen molar-refractivity contribution < 1.29 is 13.7 Å². The van der Waals surface area contributed by atoms with Crippen molar-refractivity contribution in [2.24, 2.45) is 0 Å². The zero-order valence-corrected chi connectivity index (χ0v) is 18.0. The summed E-state index contributed by atoms with van der Waals surface area (Å²) in [6.07, 6.45) is 0. The van der Waals surface area contributed by atoms with Crippen molar-refractivity contribution in [2.45, 2.75) is 45.4 Å². The molecule has 0 saturated carbocycles. The molecule has 2 N–H and O–H groups in total. The average molecular weight is 400 g/mol. The molecule has 1 saturated heterocycles. The Balaban J connectivity index is 1.84. The highest BCUT2D eigenvalue weighted by Gasteiger charge is 2.51. The lowest BCUT2D eigenvalue weighted by Gasteiger charge is -2.32. The largest absolute Gasteiger partial charge is 0.494 e. The van der Waals surface area contributed by atoms with Gasteiger partial charge in [-0.15, -0.1) is 0 Å². The minimum absolute atomic E-state index is 0.200. The van der Waals surface area contributed by atoms with Gasteiger partial charge in [0.05, 0.1) is 11.2 Å². The molecule has 0 unspecified atom stereocenters. The normalized spacial score (nSPS) is 18.5. The molecule has 8 heteroatoms. The van der Waals surface area contributed by atoms with E-state index in [1.165, 1.54) is 6.07 Å². The molecule has 1 aromatic rings. The molecule has 4 nitrogen and oxygen atoms in total. The van der Waals surface area contributed by atoms with Gasteiger partial charge in [0.2, 0.25) is 0 Å². The quantitative estimate of drug-likeness (QED) is 0.358. The van der Waals surface area contributed by atoms with Gasteiger partial charge in [0.15, 0.2) is 0 Å². The van der Waals surface area contributed by atoms with Gasteiger partial charge in [-0.3, -0.25) is 0 Å². The standard InChI is InChI=1S/C18H30BFN2O2S2/c1-17(2)18(3,4)24-19(23-17)15-6-7-16(20)14(12-15)13-22-9-11-26-25-10-8-21-5/h6-7,12,21-22H,8-11,13H2,1-5H3. The smallest absolute Gasteiger partial charge is 0.399 e. The van der Waals surface area contributed by atoms with E-state index < -0.39 is 18.3 Å². The molecule has 1 heterocycles. The third kappa shape index (κ3) is 5.88. The van der Waals surface area contributed by atoms with Crippen LogP contribution in [0.5, 0.6) is 0 Å². The lowest BCUT2D eigenvalue weighted by Crippen LogP contribution is -2.41. The van der Waals surface area contributed by atoms with Crippen molar-refractivity contribution in [3.05, 3.63) is 29.6 Å². The summed E-state index contributed by atoms with van der Waals surface area (Å²) < 4.78 is 26.3. The van der Waals surface area contributed by atoms with Crippen LogP contribution in [0.15, 0.2) is 18.2 Å². The van der Waals surface area contributed by atoms with Crippen LogP contribution in [0, 0.1) is 5.82 Å². The van der Waals surface area contributed by atoms with E-state index in [0.717, 1.165) is 30.1 Å². The second kappa shape index (κ2) is 9.80. The first-order valence-corrected chi connectivity index (χ1v) is 11.5. The lowest BCUT2D eigenvalue weighted by atomic mass is 9.78. The van der Waals surface area contributed by atoms with Crippen LogP contribution in [0.4, 0.5) is 4.39 Å². The molecule has 146 valence electrons. The van der Waals surface area contributed by atoms with Gasteiger partial charge in [-0.05, 0) is 46.3 Å². The summed E-state index contributed by atoms with van der Waals surface area (Å²) in [4.78, 5) is 0. The van der Waals surface area contributed by atoms with Gasteiger partial charge in [-0.1, -0.05) is 33.7 Å². The molecule has 0 aliphatic carbocycles. The lowest BCUT2D eigenvalue weighted by molar-refractivity contribution is 0.00578. The molecule has 1 fully saturated rings. The molecule has 0 aromatic heterocycles. The first-order chi connectivity index (χ1) is 12.3. The molecule has 0 spiro atoms. The summed E-state index contributed by atoms with van der Waals surface area (Å²) in [5.74, 6) is 1.88. The highest BCUT2D eigenvalue weighted by atomic mass is 33.1. The average Bonchev–Trinajstić information content (AvgIpc) is 2.79. The van der Waals surface area contributed by atoms with Gasteiger partial charge < -0.3 is 19.9 Å². The van der Waals surface area contributed by atoms with Crippen LogP contribution >= 0.6 is 21.6 Å². The summed E-state index contributed by atoms with van der Waals surface area (Å²) in [5, 5.41) is 6.44. The number of halogens is 1. The SMILES string of the molecule is CNCCSSCCNCc1cc(B2OC(C)(C)C(C)(C)O2)ccc1F. The summed E-state index contributed by atoms with van der Waals surface area (Å²) in [6, 6.07) is 5.09. The van der Waals surface area contributed by atoms with Gasteiger partial charge in [0.1, 0.15) is 5.82 Å². The number of hydrogen-bond acceptors (Lipinski definition) is 6. The third-order valence-corrected chi connectivity index (χ3v) is 7.20. The predicted molar refractivity (Wildman–Crippen MR) is 113 cm³/mol. The summed E-state index contributed by atoms with van der Waals surface area (Å²) in [5.41, 5.74) is 0.711. The molecule has 1 aliphatic heterocycles. The Hall–Kier alpha value is -0.245. The molecule has 0 atom stereocenters. The van der Waals surface area contributed by atoms with Crippen LogP contribution in [0.3, 0.4) is 0 Å². The number of benzene rings is 1. The zero-order chi connectivity index (χ0) is 19.2. The Morgan fingerprint density at radius 3 is 2.27 bits per heavy atom. The molecule has 0 amide bonds. The van der Waals surface area contributed by atoms with E-state index in [1.54, 1.807) is 6.07 Å². The second-order valence-electron chi connectivity index (χ2n) is 7.36. The maximum atomic E-state index is 14.1. The fraction of sp³-hybridized carbons (Fsp3) is 0.667. The highest BCUT2D eigenvalue weighted by molar-refractivity contribution is 8.76. The van der Waals surface area contributed by atoms with Crippen LogP contribution in [0.25, 0.3) is 0 Å². The van der Waals surface area contributed by atoms with Crippen molar-refractivity contribution in [3.8, 4) is 0 Å². The maximum Gasteiger partial charge on any atom is 0.494 e. The monoisotopic (exact) mass is 400 g/mol. The van der Waals surface area contributed by atoms with Crippen molar-refractivity contribution in [1.82, 2.24) is 10.6 Å². The van der Waals surface area contributed by atoms with Gasteiger partial charge in [0, 0.05) is 36.7 Å². The van der Waals surface area contributed by atoms with Crippen molar-refractivity contribution >= 4 is 34.2 Å². The minimum Gasteiger partial charge on any atom is -0.399 e. The molecule has 26 heavy (non-hydrogen) atoms. The minimum atomic E-state index is -0.460. The molecular formula is C18H30BFN2O2S2. The Labute approximate surface area is 165 Å². The van der Waals surface area contributed by atoms with Crippen LogP contribution in [-0.4, -0.2) is 50.0 Å². The highest BCUT2D eigenvalue weighted by Crippen LogP contribution is 2.36. The topological polar surface area (TPSA) is 42.5 Å². The van der Waals surface area contributed by atoms with Gasteiger partial charge in [-0.2, -0.15) is 0 Å². The van der Waals surface area contributed by atoms with Crippen LogP contribution < -0.4 is 16.1 Å². The van der Waals surface area contributed by atoms with Crippen LogP contribution in [0.1, 0.15) is 33.3 Å². The van der Waals surface area contributed by atoms with Crippen LogP contribution in [-0.2, 0) is 15.9 Å². The third-order valence-electron chi connectivity index (χ3n) is 4.79. The summed E-state index contributed by atoms with van der Waals surface area (Å²) in [7, 11) is 5.19. The Bertz CT molecular complexity index is 574. The van der Waals surface area contributed by atoms with E-state index >= 15 is 0 Å². The number of rotatable bonds is 10. The van der Waals surface area contributed by atoms with E-state index in [0.29, 0.717) is 12.1 Å². The van der Waals surface area contributed by atoms with E-state index in [9.17, 15) is 4.39 Å². The summed E-state index contributed by atoms with van der Waals surface area (Å²) >= 11 is 0. The molecule has 1 aromatic carbocycles. The second-order valence-corrected chi connectivity index (χ2v) is 10.1. The first-order valence-electron chi connectivity index (χ1n) is 9.00. The maximum absolute atomic E-state index is 14.1. The predicted octanol–water partition coefficient (Wildman–Crippen LogP) is 2.82. The molecular weight excluding hydrogens is 370 g/mol. The van der Waals surface area contributed by atoms with Crippen molar-refractivity contribution in [2.75, 3.05) is 31.6 Å². The fourth-order valence-electron chi connectivity index (χ4n) is 2.45. The van der Waals surface area contributed by atoms with Gasteiger partial charge in [0.25, 0.3) is 0 Å². The van der Waals surface area contributed by atoms with Crippen LogP contribution in [0.2, 0.25) is 0 Å².